The number of likely N-dealkylation sites (N-methyl/N-ethyl adjacent to an activating group) is 1. The van der Waals surface area contributed by atoms with E-state index >= 15 is 0 Å². The van der Waals surface area contributed by atoms with Gasteiger partial charge in [0.05, 0.1) is 24.0 Å². The van der Waals surface area contributed by atoms with E-state index in [1.165, 1.54) is 31.2 Å². The molecule has 0 spiro atoms. The molecule has 3 aromatic rings. The van der Waals surface area contributed by atoms with Crippen LogP contribution in [0.4, 0.5) is 16.3 Å². The van der Waals surface area contributed by atoms with Crippen LogP contribution in [0.25, 0.3) is 11.3 Å². The maximum absolute atomic E-state index is 14.5. The number of aliphatic hydroxyl groups excluding tert-OH is 1. The van der Waals surface area contributed by atoms with Gasteiger partial charge in [0.1, 0.15) is 23.5 Å². The number of nitrogens with two attached hydrogens (primary N) is 2. The van der Waals surface area contributed by atoms with Crippen LogP contribution in [0.2, 0.25) is 0 Å². The van der Waals surface area contributed by atoms with Gasteiger partial charge in [-0.15, -0.1) is 5.10 Å². The van der Waals surface area contributed by atoms with Gasteiger partial charge in [0.15, 0.2) is 24.3 Å². The van der Waals surface area contributed by atoms with Crippen LogP contribution in [0.5, 0.6) is 0 Å². The first kappa shape index (κ1) is 48.5. The Morgan fingerprint density at radius 3 is 2.47 bits per heavy atom. The Kier molecular flexibility index (Phi) is 15.2. The zero-order chi connectivity index (χ0) is 46.7. The Hall–Kier alpha value is -4.99. The Balaban J connectivity index is 1.34. The number of Topliss-reactive ketones (excluding diaryl/α,β-unsaturated/α-hetero) is 1. The zero-order valence-corrected chi connectivity index (χ0v) is 38.4. The number of unbranched alkanes of at least 4 members (excludes halogenated alkanes) is 1. The summed E-state index contributed by atoms with van der Waals surface area (Å²) in [4.78, 5) is 64.3. The van der Waals surface area contributed by atoms with Crippen molar-refractivity contribution in [3.8, 4) is 11.3 Å². The van der Waals surface area contributed by atoms with Crippen molar-refractivity contribution in [1.82, 2.24) is 39.7 Å². The number of aromatic nitrogens is 5. The maximum Gasteiger partial charge on any atom is 0.413 e. The lowest BCUT2D eigenvalue weighted by atomic mass is 9.78. The van der Waals surface area contributed by atoms with Crippen LogP contribution < -0.4 is 22.5 Å². The smallest absolute Gasteiger partial charge is 0.413 e. The van der Waals surface area contributed by atoms with Crippen LogP contribution in [0.3, 0.4) is 0 Å². The third-order valence-electron chi connectivity index (χ3n) is 13.0. The predicted molar refractivity (Wildman–Crippen MR) is 235 cm³/mol. The second kappa shape index (κ2) is 20.0. The molecule has 3 fully saturated rings. The molecule has 3 saturated heterocycles. The number of fused-ring (bicyclic) bond motifs is 1. The highest BCUT2D eigenvalue weighted by molar-refractivity contribution is 6.00. The number of cyclic esters (lactones) is 1. The number of anilines is 2. The van der Waals surface area contributed by atoms with Crippen molar-refractivity contribution in [2.24, 2.45) is 17.8 Å². The summed E-state index contributed by atoms with van der Waals surface area (Å²) in [5, 5.41) is 23.6. The number of methoxy groups -OCH3 is 1. The summed E-state index contributed by atoms with van der Waals surface area (Å²) in [6.07, 6.45) is -1.41. The minimum absolute atomic E-state index is 0.0587. The van der Waals surface area contributed by atoms with E-state index in [1.807, 2.05) is 64.2 Å². The molecule has 0 aliphatic carbocycles. The molecule has 2 unspecified atom stereocenters. The van der Waals surface area contributed by atoms with Crippen molar-refractivity contribution >= 4 is 29.4 Å². The number of benzene rings is 1. The minimum atomic E-state index is -2.00. The van der Waals surface area contributed by atoms with Crippen molar-refractivity contribution in [3.63, 3.8) is 0 Å². The van der Waals surface area contributed by atoms with E-state index in [-0.39, 0.29) is 43.4 Å². The summed E-state index contributed by atoms with van der Waals surface area (Å²) in [5.41, 5.74) is 10.0. The SMILES string of the molecule is CC[C@H]1OC(=O)[C@H](C)C(=O)[C@H](C)[C@@H](O[C@@H]2O[C@H](C)CC(N(C)C)C2O)[C@](C)(OC)C[C@@H](C)CN[C@H]2N(CCCCn3cc(-c4cccc(N)c4)nn3)C(=O)O[C@]12n1ccc(N)nc1=O. The number of hydrogen-bond acceptors (Lipinski definition) is 17. The van der Waals surface area contributed by atoms with E-state index in [2.05, 4.69) is 20.6 Å². The van der Waals surface area contributed by atoms with E-state index in [4.69, 9.17) is 35.2 Å². The number of ketones is 1. The van der Waals surface area contributed by atoms with E-state index in [1.54, 1.807) is 24.6 Å². The number of carbonyl (C=O) groups is 3. The number of rotatable bonds is 12. The van der Waals surface area contributed by atoms with E-state index in [0.29, 0.717) is 43.6 Å². The maximum atomic E-state index is 14.5. The summed E-state index contributed by atoms with van der Waals surface area (Å²) in [5.74, 6) is -4.03. The molecule has 3 aliphatic rings. The van der Waals surface area contributed by atoms with Gasteiger partial charge in [-0.3, -0.25) is 29.1 Å². The molecule has 64 heavy (non-hydrogen) atoms. The standard InChI is InChI=1S/C44H66N10O10/c1-10-33-44(54-19-16-34(46)48-41(54)58)40(53(42(59)64-44)18-12-11-17-52-24-31(49-50-52)29-14-13-15-30(45)21-29)47-23-25(2)22-43(6,60-9)37(27(4)35(55)28(5)38(57)62-33)63-39-36(56)32(51(7)8)20-26(3)61-39/h13-16,19,21,24-28,32-33,36-37,39-40,47,56H,10-12,17-18,20,22-23,45H2,1-9H3,(H2,46,48,58)/t25-,26-,27+,28-,32?,33-,36?,37-,39+,40+,43-,44-/m1/s1. The molecule has 1 amide bonds. The number of amides is 1. The topological polar surface area (TPSA) is 254 Å². The molecular formula is C44H66N10O10. The Labute approximate surface area is 373 Å². The molecule has 6 rings (SSSR count). The number of aliphatic hydroxyl groups is 1. The number of esters is 1. The Morgan fingerprint density at radius 2 is 1.80 bits per heavy atom. The highest BCUT2D eigenvalue weighted by atomic mass is 16.7. The first-order valence-corrected chi connectivity index (χ1v) is 22.1. The van der Waals surface area contributed by atoms with Gasteiger partial charge in [-0.25, -0.2) is 9.59 Å². The van der Waals surface area contributed by atoms with Crippen LogP contribution in [0.15, 0.2) is 47.5 Å². The fourth-order valence-electron chi connectivity index (χ4n) is 9.46. The number of ether oxygens (including phenoxy) is 5. The number of nitrogens with zero attached hydrogens (tertiary/aromatic N) is 7. The van der Waals surface area contributed by atoms with Crippen molar-refractivity contribution in [2.45, 2.75) is 134 Å². The zero-order valence-electron chi connectivity index (χ0n) is 38.4. The van der Waals surface area contributed by atoms with Crippen LogP contribution in [0, 0.1) is 17.8 Å². The molecule has 2 aromatic heterocycles. The molecule has 12 atom stereocenters. The molecule has 352 valence electrons. The van der Waals surface area contributed by atoms with Gasteiger partial charge in [0.25, 0.3) is 5.72 Å². The fourth-order valence-corrected chi connectivity index (χ4v) is 9.46. The average Bonchev–Trinajstić information content (AvgIpc) is 3.84. The Bertz CT molecular complexity index is 2170. The van der Waals surface area contributed by atoms with Gasteiger partial charge in [0.2, 0.25) is 0 Å². The minimum Gasteiger partial charge on any atom is -0.455 e. The van der Waals surface area contributed by atoms with Gasteiger partial charge in [-0.05, 0) is 97.6 Å². The van der Waals surface area contributed by atoms with Gasteiger partial charge in [-0.1, -0.05) is 38.1 Å². The van der Waals surface area contributed by atoms with E-state index in [0.717, 1.165) is 10.1 Å². The molecule has 0 saturated carbocycles. The highest BCUT2D eigenvalue weighted by Crippen LogP contribution is 2.41. The largest absolute Gasteiger partial charge is 0.455 e. The molecular weight excluding hydrogens is 829 g/mol. The number of aryl methyl sites for hydroxylation is 1. The normalized spacial score (nSPS) is 33.1. The van der Waals surface area contributed by atoms with Crippen LogP contribution in [0.1, 0.15) is 73.6 Å². The van der Waals surface area contributed by atoms with Crippen molar-refractivity contribution in [2.75, 3.05) is 45.8 Å². The summed E-state index contributed by atoms with van der Waals surface area (Å²) in [7, 11) is 5.27. The van der Waals surface area contributed by atoms with Gasteiger partial charge >= 0.3 is 17.8 Å². The summed E-state index contributed by atoms with van der Waals surface area (Å²) >= 11 is 0. The molecule has 20 nitrogen and oxygen atoms in total. The summed E-state index contributed by atoms with van der Waals surface area (Å²) in [6.45, 7) is 11.4. The molecule has 20 heteroatoms. The number of carbonyl (C=O) groups excluding carboxylic acids is 3. The fraction of sp³-hybridized carbons (Fsp3) is 0.659. The van der Waals surface area contributed by atoms with E-state index < -0.39 is 77.5 Å². The quantitative estimate of drug-likeness (QED) is 0.0882. The molecule has 0 radical (unpaired) electrons. The number of nitrogens with one attached hydrogen (secondary N) is 1. The third kappa shape index (κ3) is 9.96. The lowest BCUT2D eigenvalue weighted by Gasteiger charge is -2.47. The van der Waals surface area contributed by atoms with E-state index in [9.17, 15) is 24.3 Å². The van der Waals surface area contributed by atoms with Gasteiger partial charge in [0, 0.05) is 49.6 Å². The van der Waals surface area contributed by atoms with Gasteiger partial charge < -0.3 is 45.2 Å². The van der Waals surface area contributed by atoms with Gasteiger partial charge in [-0.2, -0.15) is 4.98 Å². The molecule has 1 aromatic carbocycles. The summed E-state index contributed by atoms with van der Waals surface area (Å²) < 4.78 is 34.5. The second-order valence-corrected chi connectivity index (χ2v) is 18.0. The van der Waals surface area contributed by atoms with Crippen LogP contribution in [-0.2, 0) is 45.5 Å². The van der Waals surface area contributed by atoms with Crippen molar-refractivity contribution in [1.29, 1.82) is 0 Å². The van der Waals surface area contributed by atoms with Crippen molar-refractivity contribution in [3.05, 3.63) is 53.2 Å². The lowest BCUT2D eigenvalue weighted by Crippen LogP contribution is -2.65. The monoisotopic (exact) mass is 894 g/mol. The Morgan fingerprint density at radius 1 is 1.06 bits per heavy atom. The third-order valence-corrected chi connectivity index (χ3v) is 13.0. The average molecular weight is 895 g/mol. The first-order valence-electron chi connectivity index (χ1n) is 22.1. The highest BCUT2D eigenvalue weighted by Gasteiger charge is 2.62. The molecule has 5 heterocycles. The predicted octanol–water partition coefficient (Wildman–Crippen LogP) is 2.59. The molecule has 6 N–H and O–H groups in total. The van der Waals surface area contributed by atoms with Crippen LogP contribution >= 0.6 is 0 Å². The summed E-state index contributed by atoms with van der Waals surface area (Å²) in [6, 6.07) is 8.48. The lowest BCUT2D eigenvalue weighted by molar-refractivity contribution is -0.295. The second-order valence-electron chi connectivity index (χ2n) is 18.0. The first-order chi connectivity index (χ1) is 30.3. The van der Waals surface area contributed by atoms with Crippen molar-refractivity contribution < 1.29 is 43.2 Å². The molecule has 3 aliphatic heterocycles. The molecule has 0 bridgehead atoms. The number of hydrogen-bond donors (Lipinski definition) is 4. The number of nitrogen functional groups attached to an aromatic ring is 2. The van der Waals surface area contributed by atoms with Crippen LogP contribution in [-0.4, -0.2) is 140 Å².